The summed E-state index contributed by atoms with van der Waals surface area (Å²) in [6.45, 7) is 8.25. The maximum Gasteiger partial charge on any atom is 0.222 e. The maximum atomic E-state index is 12.6. The molecule has 1 fully saturated rings. The molecule has 4 nitrogen and oxygen atoms in total. The number of rotatable bonds is 6. The van der Waals surface area contributed by atoms with Crippen molar-refractivity contribution in [2.24, 2.45) is 0 Å². The molecule has 0 atom stereocenters. The van der Waals surface area contributed by atoms with Crippen molar-refractivity contribution in [1.82, 2.24) is 4.90 Å². The molecule has 1 aliphatic rings. The van der Waals surface area contributed by atoms with Crippen molar-refractivity contribution in [2.45, 2.75) is 26.7 Å². The highest BCUT2D eigenvalue weighted by Crippen LogP contribution is 2.26. The van der Waals surface area contributed by atoms with Crippen LogP contribution in [0.15, 0.2) is 60.7 Å². The van der Waals surface area contributed by atoms with Crippen LogP contribution >= 0.6 is 0 Å². The van der Waals surface area contributed by atoms with Crippen LogP contribution in [0.25, 0.3) is 10.8 Å². The zero-order valence-corrected chi connectivity index (χ0v) is 17.9. The number of anilines is 1. The van der Waals surface area contributed by atoms with Gasteiger partial charge in [0.25, 0.3) is 0 Å². The summed E-state index contributed by atoms with van der Waals surface area (Å²) in [6, 6.07) is 20.8. The van der Waals surface area contributed by atoms with Crippen molar-refractivity contribution < 1.29 is 9.53 Å². The number of aryl methyl sites for hydroxylation is 1. The van der Waals surface area contributed by atoms with Gasteiger partial charge in [-0.15, -0.1) is 0 Å². The van der Waals surface area contributed by atoms with Crippen LogP contribution in [0.5, 0.6) is 5.75 Å². The molecule has 0 aromatic heterocycles. The fourth-order valence-corrected chi connectivity index (χ4v) is 4.16. The van der Waals surface area contributed by atoms with Gasteiger partial charge in [0.1, 0.15) is 5.75 Å². The molecule has 0 aliphatic carbocycles. The molecule has 4 heteroatoms. The Bertz CT molecular complexity index is 1020. The molecule has 3 aromatic rings. The number of ether oxygens (including phenoxy) is 1. The van der Waals surface area contributed by atoms with Gasteiger partial charge in [0, 0.05) is 43.7 Å². The number of piperazine rings is 1. The lowest BCUT2D eigenvalue weighted by molar-refractivity contribution is -0.131. The van der Waals surface area contributed by atoms with Crippen LogP contribution in [0.4, 0.5) is 5.69 Å². The highest BCUT2D eigenvalue weighted by atomic mass is 16.5. The van der Waals surface area contributed by atoms with Crippen molar-refractivity contribution in [3.63, 3.8) is 0 Å². The quantitative estimate of drug-likeness (QED) is 0.546. The first-order valence-corrected chi connectivity index (χ1v) is 10.8. The SMILES string of the molecule is Cc1cccc(N2CCN(C(=O)CCCOc3cccc4ccccc34)CC2)c1C. The summed E-state index contributed by atoms with van der Waals surface area (Å²) in [5, 5.41) is 2.29. The number of hydrogen-bond donors (Lipinski definition) is 0. The van der Waals surface area contributed by atoms with Crippen molar-refractivity contribution >= 4 is 22.4 Å². The van der Waals surface area contributed by atoms with Crippen molar-refractivity contribution in [1.29, 1.82) is 0 Å². The molecule has 0 bridgehead atoms. The van der Waals surface area contributed by atoms with E-state index < -0.39 is 0 Å². The molecule has 1 saturated heterocycles. The minimum absolute atomic E-state index is 0.233. The standard InChI is InChI=1S/C26H30N2O2/c1-20-8-5-12-24(21(20)2)27-15-17-28(18-16-27)26(29)14-7-19-30-25-13-6-10-22-9-3-4-11-23(22)25/h3-6,8-13H,7,14-19H2,1-2H3. The summed E-state index contributed by atoms with van der Waals surface area (Å²) in [4.78, 5) is 17.0. The molecule has 1 heterocycles. The van der Waals surface area contributed by atoms with Crippen LogP contribution in [0.2, 0.25) is 0 Å². The van der Waals surface area contributed by atoms with Gasteiger partial charge in [-0.3, -0.25) is 4.79 Å². The van der Waals surface area contributed by atoms with Crippen molar-refractivity contribution in [3.05, 3.63) is 71.8 Å². The van der Waals surface area contributed by atoms with E-state index >= 15 is 0 Å². The Morgan fingerprint density at radius 2 is 1.63 bits per heavy atom. The summed E-state index contributed by atoms with van der Waals surface area (Å²) in [6.07, 6.45) is 1.27. The van der Waals surface area contributed by atoms with Crippen LogP contribution in [-0.2, 0) is 4.79 Å². The first kappa shape index (κ1) is 20.3. The number of amides is 1. The van der Waals surface area contributed by atoms with E-state index in [0.29, 0.717) is 13.0 Å². The third-order valence-electron chi connectivity index (χ3n) is 6.09. The van der Waals surface area contributed by atoms with Crippen molar-refractivity contribution in [2.75, 3.05) is 37.7 Å². The number of fused-ring (bicyclic) bond motifs is 1. The number of hydrogen-bond acceptors (Lipinski definition) is 3. The summed E-state index contributed by atoms with van der Waals surface area (Å²) in [7, 11) is 0. The van der Waals surface area contributed by atoms with Gasteiger partial charge in [-0.05, 0) is 48.9 Å². The molecular weight excluding hydrogens is 372 g/mol. The lowest BCUT2D eigenvalue weighted by atomic mass is 10.1. The van der Waals surface area contributed by atoms with Crippen LogP contribution < -0.4 is 9.64 Å². The van der Waals surface area contributed by atoms with Gasteiger partial charge in [0.05, 0.1) is 6.61 Å². The van der Waals surface area contributed by atoms with Gasteiger partial charge < -0.3 is 14.5 Å². The Hall–Kier alpha value is -3.01. The topological polar surface area (TPSA) is 32.8 Å². The second-order valence-electron chi connectivity index (χ2n) is 8.02. The third kappa shape index (κ3) is 4.43. The van der Waals surface area contributed by atoms with Crippen LogP contribution in [0.1, 0.15) is 24.0 Å². The van der Waals surface area contributed by atoms with Gasteiger partial charge in [0.15, 0.2) is 0 Å². The second-order valence-corrected chi connectivity index (χ2v) is 8.02. The Balaban J connectivity index is 1.24. The largest absolute Gasteiger partial charge is 0.493 e. The van der Waals surface area contributed by atoms with E-state index in [4.69, 9.17) is 4.74 Å². The fourth-order valence-electron chi connectivity index (χ4n) is 4.16. The molecule has 0 unspecified atom stereocenters. The highest BCUT2D eigenvalue weighted by Gasteiger charge is 2.22. The molecule has 0 N–H and O–H groups in total. The molecule has 4 rings (SSSR count). The van der Waals surface area contributed by atoms with E-state index in [2.05, 4.69) is 55.1 Å². The Kier molecular flexibility index (Phi) is 6.22. The molecule has 0 saturated carbocycles. The van der Waals surface area contributed by atoms with E-state index in [1.807, 2.05) is 29.2 Å². The maximum absolute atomic E-state index is 12.6. The van der Waals surface area contributed by atoms with Gasteiger partial charge >= 0.3 is 0 Å². The van der Waals surface area contributed by atoms with E-state index in [9.17, 15) is 4.79 Å². The monoisotopic (exact) mass is 402 g/mol. The van der Waals surface area contributed by atoms with Gasteiger partial charge in [-0.2, -0.15) is 0 Å². The third-order valence-corrected chi connectivity index (χ3v) is 6.09. The van der Waals surface area contributed by atoms with Crippen LogP contribution in [-0.4, -0.2) is 43.6 Å². The van der Waals surface area contributed by atoms with Crippen LogP contribution in [0, 0.1) is 13.8 Å². The average Bonchev–Trinajstić information content (AvgIpc) is 2.78. The van der Waals surface area contributed by atoms with E-state index in [0.717, 1.165) is 43.7 Å². The Labute approximate surface area is 179 Å². The first-order chi connectivity index (χ1) is 14.6. The van der Waals surface area contributed by atoms with Gasteiger partial charge in [-0.1, -0.05) is 48.5 Å². The van der Waals surface area contributed by atoms with E-state index in [-0.39, 0.29) is 5.91 Å². The molecular formula is C26H30N2O2. The number of carbonyl (C=O) groups is 1. The minimum Gasteiger partial charge on any atom is -0.493 e. The predicted octanol–water partition coefficient (Wildman–Crippen LogP) is 4.96. The predicted molar refractivity (Wildman–Crippen MR) is 123 cm³/mol. The molecule has 156 valence electrons. The second kappa shape index (κ2) is 9.21. The van der Waals surface area contributed by atoms with Gasteiger partial charge in [-0.25, -0.2) is 0 Å². The summed E-state index contributed by atoms with van der Waals surface area (Å²) >= 11 is 0. The average molecular weight is 403 g/mol. The summed E-state index contributed by atoms with van der Waals surface area (Å²) in [5.74, 6) is 1.12. The van der Waals surface area contributed by atoms with E-state index in [1.165, 1.54) is 22.2 Å². The smallest absolute Gasteiger partial charge is 0.222 e. The molecule has 0 radical (unpaired) electrons. The lowest BCUT2D eigenvalue weighted by Gasteiger charge is -2.37. The number of benzene rings is 3. The summed E-state index contributed by atoms with van der Waals surface area (Å²) < 4.78 is 5.98. The molecule has 1 aliphatic heterocycles. The zero-order valence-electron chi connectivity index (χ0n) is 17.9. The van der Waals surface area contributed by atoms with Crippen molar-refractivity contribution in [3.8, 4) is 5.75 Å². The highest BCUT2D eigenvalue weighted by molar-refractivity contribution is 5.88. The first-order valence-electron chi connectivity index (χ1n) is 10.8. The normalized spacial score (nSPS) is 14.2. The Morgan fingerprint density at radius 1 is 0.900 bits per heavy atom. The zero-order chi connectivity index (χ0) is 20.9. The lowest BCUT2D eigenvalue weighted by Crippen LogP contribution is -2.49. The molecule has 3 aromatic carbocycles. The van der Waals surface area contributed by atoms with Crippen LogP contribution in [0.3, 0.4) is 0 Å². The molecule has 30 heavy (non-hydrogen) atoms. The number of carbonyl (C=O) groups excluding carboxylic acids is 1. The fraction of sp³-hybridized carbons (Fsp3) is 0.346. The molecule has 1 amide bonds. The minimum atomic E-state index is 0.233. The number of nitrogens with zero attached hydrogens (tertiary/aromatic N) is 2. The van der Waals surface area contributed by atoms with Gasteiger partial charge in [0.2, 0.25) is 5.91 Å². The van der Waals surface area contributed by atoms with E-state index in [1.54, 1.807) is 0 Å². The molecule has 0 spiro atoms. The summed E-state index contributed by atoms with van der Waals surface area (Å²) in [5.41, 5.74) is 3.95. The Morgan fingerprint density at radius 3 is 2.47 bits per heavy atom.